The van der Waals surface area contributed by atoms with E-state index in [0.29, 0.717) is 11.5 Å². The number of hydrogen-bond donors (Lipinski definition) is 2. The van der Waals surface area contributed by atoms with Crippen LogP contribution in [0.2, 0.25) is 0 Å². The highest BCUT2D eigenvalue weighted by Crippen LogP contribution is 2.03. The molecule has 0 fully saturated rings. The van der Waals surface area contributed by atoms with Gasteiger partial charge in [-0.25, -0.2) is 0 Å². The minimum atomic E-state index is -0.639. The van der Waals surface area contributed by atoms with E-state index in [1.807, 2.05) is 12.1 Å². The van der Waals surface area contributed by atoms with E-state index >= 15 is 0 Å². The molecule has 2 aromatic rings. The van der Waals surface area contributed by atoms with E-state index in [1.165, 1.54) is 0 Å². The predicted molar refractivity (Wildman–Crippen MR) is 76.5 cm³/mol. The van der Waals surface area contributed by atoms with Crippen molar-refractivity contribution < 1.29 is 10.2 Å². The number of para-hydroxylation sites is 2. The van der Waals surface area contributed by atoms with E-state index in [2.05, 4.69) is 0 Å². The molecule has 0 aliphatic carbocycles. The fraction of sp³-hybridized carbons (Fsp3) is 0. The Morgan fingerprint density at radius 3 is 1.00 bits per heavy atom. The van der Waals surface area contributed by atoms with Crippen LogP contribution in [0.5, 0.6) is 11.5 Å². The van der Waals surface area contributed by atoms with Gasteiger partial charge < -0.3 is 10.2 Å². The monoisotopic (exact) mass is 288 g/mol. The Bertz CT molecular complexity index is 333. The van der Waals surface area contributed by atoms with Crippen LogP contribution in [0, 0.1) is 0 Å². The summed E-state index contributed by atoms with van der Waals surface area (Å²) in [5.74, 6) is 0.644. The van der Waals surface area contributed by atoms with Gasteiger partial charge in [-0.15, -0.1) is 0 Å². The Morgan fingerprint density at radius 2 is 0.882 bits per heavy atom. The first-order chi connectivity index (χ1) is 8.20. The summed E-state index contributed by atoms with van der Waals surface area (Å²) in [5.41, 5.74) is 0. The maximum absolute atomic E-state index is 8.63. The Kier molecular flexibility index (Phi) is 10.6. The third-order valence-corrected chi connectivity index (χ3v) is 1.51. The largest absolute Gasteiger partial charge is 0.508 e. The third-order valence-electron chi connectivity index (χ3n) is 1.51. The van der Waals surface area contributed by atoms with E-state index in [0.717, 1.165) is 0 Å². The highest BCUT2D eigenvalue weighted by molar-refractivity contribution is 7.22. The molecule has 0 spiro atoms. The van der Waals surface area contributed by atoms with Gasteiger partial charge in [-0.1, -0.05) is 36.4 Å². The topological polar surface area (TPSA) is 40.5 Å². The van der Waals surface area contributed by atoms with Gasteiger partial charge in [-0.2, -0.15) is 22.2 Å². The zero-order valence-corrected chi connectivity index (χ0v) is 12.1. The average molecular weight is 289 g/mol. The minimum Gasteiger partial charge on any atom is -0.508 e. The van der Waals surface area contributed by atoms with Gasteiger partial charge in [0.2, 0.25) is 8.14 Å². The molecule has 17 heavy (non-hydrogen) atoms. The lowest BCUT2D eigenvalue weighted by atomic mass is 10.3. The molecule has 2 aromatic carbocycles. The molecule has 0 aliphatic rings. The quantitative estimate of drug-likeness (QED) is 0.577. The molecule has 0 aliphatic heterocycles. The maximum atomic E-state index is 8.63. The number of phenols is 2. The molecule has 5 heteroatoms. The van der Waals surface area contributed by atoms with Gasteiger partial charge in [0.25, 0.3) is 0 Å². The summed E-state index contributed by atoms with van der Waals surface area (Å²) in [7, 11) is -0.639. The van der Waals surface area contributed by atoms with Gasteiger partial charge in [0.05, 0.1) is 0 Å². The summed E-state index contributed by atoms with van der Waals surface area (Å²) in [6.45, 7) is 0. The van der Waals surface area contributed by atoms with Crippen molar-refractivity contribution in [3.63, 3.8) is 0 Å². The van der Waals surface area contributed by atoms with Crippen molar-refractivity contribution in [1.29, 1.82) is 0 Å². The van der Waals surface area contributed by atoms with Crippen molar-refractivity contribution in [2.75, 3.05) is 0 Å². The van der Waals surface area contributed by atoms with Crippen molar-refractivity contribution in [3.05, 3.63) is 60.7 Å². The molecule has 0 aromatic heterocycles. The second-order valence-electron chi connectivity index (χ2n) is 2.77. The summed E-state index contributed by atoms with van der Waals surface area (Å²) in [4.78, 5) is 0. The number of phenolic OH excluding ortho intramolecular Hbond substituents is 2. The molecule has 0 atom stereocenters. The first-order valence-electron chi connectivity index (χ1n) is 4.80. The molecule has 2 N–H and O–H groups in total. The SMILES string of the molecule is Cl[SiH2]Cl.Oc1ccccc1.Oc1ccccc1. The lowest BCUT2D eigenvalue weighted by molar-refractivity contribution is 0.475. The second kappa shape index (κ2) is 11.3. The van der Waals surface area contributed by atoms with E-state index < -0.39 is 8.14 Å². The average Bonchev–Trinajstić information content (AvgIpc) is 2.33. The lowest BCUT2D eigenvalue weighted by Gasteiger charge is -1.82. The summed E-state index contributed by atoms with van der Waals surface area (Å²) in [5, 5.41) is 17.3. The number of rotatable bonds is 0. The van der Waals surface area contributed by atoms with Crippen molar-refractivity contribution in [2.24, 2.45) is 0 Å². The molecule has 0 radical (unpaired) electrons. The number of benzene rings is 2. The summed E-state index contributed by atoms with van der Waals surface area (Å²) >= 11 is 9.81. The maximum Gasteiger partial charge on any atom is 0.222 e. The van der Waals surface area contributed by atoms with Crippen molar-refractivity contribution in [2.45, 2.75) is 0 Å². The molecule has 2 rings (SSSR count). The molecule has 0 unspecified atom stereocenters. The Morgan fingerprint density at radius 1 is 0.647 bits per heavy atom. The molecular weight excluding hydrogens is 275 g/mol. The minimum absolute atomic E-state index is 0.322. The number of aromatic hydroxyl groups is 2. The van der Waals surface area contributed by atoms with Crippen LogP contribution in [-0.2, 0) is 0 Å². The van der Waals surface area contributed by atoms with Crippen LogP contribution in [-0.4, -0.2) is 18.4 Å². The van der Waals surface area contributed by atoms with Crippen LogP contribution in [0.3, 0.4) is 0 Å². The van der Waals surface area contributed by atoms with E-state index in [1.54, 1.807) is 48.5 Å². The molecule has 0 heterocycles. The van der Waals surface area contributed by atoms with Crippen LogP contribution in [0.1, 0.15) is 0 Å². The summed E-state index contributed by atoms with van der Waals surface area (Å²) in [6.07, 6.45) is 0. The van der Waals surface area contributed by atoms with Gasteiger partial charge in [0.15, 0.2) is 0 Å². The van der Waals surface area contributed by atoms with Gasteiger partial charge in [0, 0.05) is 0 Å². The molecular formula is C12H14Cl2O2Si. The fourth-order valence-corrected chi connectivity index (χ4v) is 0.856. The van der Waals surface area contributed by atoms with Crippen molar-refractivity contribution in [3.8, 4) is 11.5 Å². The zero-order valence-electron chi connectivity index (χ0n) is 9.13. The molecule has 92 valence electrons. The second-order valence-corrected chi connectivity index (χ2v) is 5.40. The first kappa shape index (κ1) is 15.8. The normalized spacial score (nSPS) is 8.12. The lowest BCUT2D eigenvalue weighted by Crippen LogP contribution is -1.56. The van der Waals surface area contributed by atoms with E-state index in [4.69, 9.17) is 32.4 Å². The predicted octanol–water partition coefficient (Wildman–Crippen LogP) is 3.25. The van der Waals surface area contributed by atoms with Crippen LogP contribution in [0.15, 0.2) is 60.7 Å². The summed E-state index contributed by atoms with van der Waals surface area (Å²) < 4.78 is 0. The van der Waals surface area contributed by atoms with Crippen LogP contribution in [0.25, 0.3) is 0 Å². The molecule has 0 saturated heterocycles. The van der Waals surface area contributed by atoms with E-state index in [-0.39, 0.29) is 0 Å². The number of halogens is 2. The van der Waals surface area contributed by atoms with E-state index in [9.17, 15) is 0 Å². The zero-order chi connectivity index (χ0) is 12.9. The highest BCUT2D eigenvalue weighted by atomic mass is 35.7. The van der Waals surface area contributed by atoms with Crippen molar-refractivity contribution >= 4 is 30.3 Å². The Hall–Kier alpha value is -1.16. The van der Waals surface area contributed by atoms with Gasteiger partial charge >= 0.3 is 0 Å². The fourth-order valence-electron chi connectivity index (χ4n) is 0.856. The highest BCUT2D eigenvalue weighted by Gasteiger charge is 1.75. The Labute approximate surface area is 113 Å². The van der Waals surface area contributed by atoms with Crippen LogP contribution < -0.4 is 0 Å². The van der Waals surface area contributed by atoms with Gasteiger partial charge in [-0.05, 0) is 24.3 Å². The number of hydrogen-bond acceptors (Lipinski definition) is 2. The van der Waals surface area contributed by atoms with Gasteiger partial charge in [-0.3, -0.25) is 0 Å². The first-order valence-corrected chi connectivity index (χ1v) is 9.08. The van der Waals surface area contributed by atoms with Crippen LogP contribution >= 0.6 is 22.2 Å². The smallest absolute Gasteiger partial charge is 0.222 e. The molecule has 2 nitrogen and oxygen atoms in total. The van der Waals surface area contributed by atoms with Gasteiger partial charge in [0.1, 0.15) is 11.5 Å². The van der Waals surface area contributed by atoms with Crippen LogP contribution in [0.4, 0.5) is 0 Å². The van der Waals surface area contributed by atoms with Crippen molar-refractivity contribution in [1.82, 2.24) is 0 Å². The Balaban J connectivity index is 0.000000247. The standard InChI is InChI=1S/2C6H6O.Cl2H2Si/c2*7-6-4-2-1-3-5-6;1-3-2/h2*1-5,7H;3H2. The molecule has 0 bridgehead atoms. The molecule has 0 amide bonds. The third kappa shape index (κ3) is 11.1. The summed E-state index contributed by atoms with van der Waals surface area (Å²) in [6, 6.07) is 17.4. The molecule has 0 saturated carbocycles.